The fraction of sp³-hybridized carbons (Fsp3) is 0.259. The Hall–Kier alpha value is -3.64. The van der Waals surface area contributed by atoms with E-state index in [0.717, 1.165) is 23.1 Å². The first-order chi connectivity index (χ1) is 16.0. The molecule has 1 fully saturated rings. The number of carboxylic acids is 1. The molecular formula is C27H27N3O3. The highest BCUT2D eigenvalue weighted by Crippen LogP contribution is 2.50. The average molecular weight is 442 g/mol. The van der Waals surface area contributed by atoms with Crippen LogP contribution in [0, 0.1) is 0 Å². The minimum absolute atomic E-state index is 0.345. The largest absolute Gasteiger partial charge is 0.480 e. The zero-order valence-electron chi connectivity index (χ0n) is 18.4. The van der Waals surface area contributed by atoms with Crippen molar-refractivity contribution in [2.24, 2.45) is 5.73 Å². The van der Waals surface area contributed by atoms with E-state index < -0.39 is 17.5 Å². The number of amides is 2. The fourth-order valence-electron chi connectivity index (χ4n) is 5.72. The van der Waals surface area contributed by atoms with Crippen molar-refractivity contribution in [3.63, 3.8) is 0 Å². The third-order valence-corrected chi connectivity index (χ3v) is 7.14. The lowest BCUT2D eigenvalue weighted by molar-refractivity contribution is -0.152. The molecule has 1 saturated heterocycles. The number of hydrogen-bond donors (Lipinski definition) is 2. The van der Waals surface area contributed by atoms with Gasteiger partial charge < -0.3 is 10.8 Å². The first-order valence-corrected chi connectivity index (χ1v) is 11.3. The average Bonchev–Trinajstić information content (AvgIpc) is 3.17. The van der Waals surface area contributed by atoms with Gasteiger partial charge in [0.1, 0.15) is 5.54 Å². The summed E-state index contributed by atoms with van der Waals surface area (Å²) in [6.45, 7) is 1.27. The molecule has 0 saturated carbocycles. The Kier molecular flexibility index (Phi) is 5.38. The molecule has 0 bridgehead atoms. The van der Waals surface area contributed by atoms with E-state index in [1.165, 1.54) is 4.90 Å². The van der Waals surface area contributed by atoms with Gasteiger partial charge in [-0.15, -0.1) is 0 Å². The van der Waals surface area contributed by atoms with Gasteiger partial charge in [0.25, 0.3) is 0 Å². The van der Waals surface area contributed by atoms with Crippen molar-refractivity contribution in [3.05, 3.63) is 95.6 Å². The number of benzene rings is 3. The molecule has 2 aliphatic heterocycles. The Morgan fingerprint density at radius 3 is 2.33 bits per heavy atom. The molecule has 2 amide bonds. The van der Waals surface area contributed by atoms with Gasteiger partial charge in [-0.2, -0.15) is 0 Å². The van der Waals surface area contributed by atoms with Crippen molar-refractivity contribution in [1.82, 2.24) is 4.90 Å². The molecule has 6 nitrogen and oxygen atoms in total. The van der Waals surface area contributed by atoms with Crippen LogP contribution >= 0.6 is 0 Å². The number of aliphatic carboxylic acids is 1. The fourth-order valence-corrected chi connectivity index (χ4v) is 5.72. The van der Waals surface area contributed by atoms with Crippen LogP contribution in [0.3, 0.4) is 0 Å². The third-order valence-electron chi connectivity index (χ3n) is 7.14. The van der Waals surface area contributed by atoms with E-state index >= 15 is 0 Å². The lowest BCUT2D eigenvalue weighted by atomic mass is 9.73. The first-order valence-electron chi connectivity index (χ1n) is 11.3. The van der Waals surface area contributed by atoms with Crippen molar-refractivity contribution < 1.29 is 14.7 Å². The van der Waals surface area contributed by atoms with Crippen LogP contribution in [-0.4, -0.2) is 34.1 Å². The minimum atomic E-state index is -1.09. The van der Waals surface area contributed by atoms with Gasteiger partial charge in [0, 0.05) is 12.5 Å². The number of carboxylic acid groups (broad SMARTS) is 1. The van der Waals surface area contributed by atoms with Crippen molar-refractivity contribution in [2.75, 3.05) is 11.4 Å². The van der Waals surface area contributed by atoms with Crippen molar-refractivity contribution in [1.29, 1.82) is 0 Å². The Bertz CT molecular complexity index is 1200. The highest BCUT2D eigenvalue weighted by molar-refractivity contribution is 6.01. The summed E-state index contributed by atoms with van der Waals surface area (Å²) in [6, 6.07) is 24.7. The van der Waals surface area contributed by atoms with Crippen LogP contribution < -0.4 is 10.6 Å². The molecule has 6 heteroatoms. The van der Waals surface area contributed by atoms with E-state index in [1.807, 2.05) is 78.9 Å². The highest BCUT2D eigenvalue weighted by atomic mass is 16.4. The predicted molar refractivity (Wildman–Crippen MR) is 128 cm³/mol. The van der Waals surface area contributed by atoms with Crippen molar-refractivity contribution in [3.8, 4) is 0 Å². The third kappa shape index (κ3) is 3.47. The number of nitrogens with zero attached hydrogens (tertiary/aromatic N) is 2. The SMILES string of the molecule is NC(=O)N1c2ccccc2C[C@H]([C@@]2(C(=O)O)CCCN2Cc2ccccc2)c2ccccc21. The summed E-state index contributed by atoms with van der Waals surface area (Å²) in [6.07, 6.45) is 1.86. The maximum Gasteiger partial charge on any atom is 0.324 e. The van der Waals surface area contributed by atoms with Crippen LogP contribution in [0.5, 0.6) is 0 Å². The molecule has 0 unspecified atom stereocenters. The smallest absolute Gasteiger partial charge is 0.324 e. The molecule has 3 aromatic carbocycles. The molecule has 3 N–H and O–H groups in total. The second-order valence-corrected chi connectivity index (χ2v) is 8.86. The highest BCUT2D eigenvalue weighted by Gasteiger charge is 2.55. The van der Waals surface area contributed by atoms with Crippen LogP contribution in [0.1, 0.15) is 35.4 Å². The number of para-hydroxylation sites is 2. The van der Waals surface area contributed by atoms with Crippen molar-refractivity contribution in [2.45, 2.75) is 37.3 Å². The molecule has 0 aromatic heterocycles. The molecule has 0 radical (unpaired) electrons. The summed E-state index contributed by atoms with van der Waals surface area (Å²) in [7, 11) is 0. The summed E-state index contributed by atoms with van der Waals surface area (Å²) in [4.78, 5) is 29.4. The van der Waals surface area contributed by atoms with Crippen LogP contribution in [-0.2, 0) is 17.8 Å². The van der Waals surface area contributed by atoms with Crippen LogP contribution in [0.25, 0.3) is 0 Å². The molecule has 168 valence electrons. The van der Waals surface area contributed by atoms with Gasteiger partial charge >= 0.3 is 12.0 Å². The standard InChI is InChI=1S/C27H27N3O3/c28-26(33)30-23-13-6-4-11-20(23)17-22(21-12-5-7-14-24(21)30)27(25(31)32)15-8-16-29(27)18-19-9-2-1-3-10-19/h1-7,9-14,22H,8,15-18H2,(H2,28,33)(H,31,32)/t22-,27+/m0/s1. The van der Waals surface area contributed by atoms with Gasteiger partial charge in [-0.25, -0.2) is 4.79 Å². The van der Waals surface area contributed by atoms with Gasteiger partial charge in [-0.05, 0) is 54.6 Å². The minimum Gasteiger partial charge on any atom is -0.480 e. The molecule has 5 rings (SSSR count). The molecule has 2 heterocycles. The molecular weight excluding hydrogens is 414 g/mol. The van der Waals surface area contributed by atoms with Crippen LogP contribution in [0.4, 0.5) is 16.2 Å². The Labute approximate surface area is 193 Å². The monoisotopic (exact) mass is 441 g/mol. The number of rotatable bonds is 4. The lowest BCUT2D eigenvalue weighted by Gasteiger charge is -2.41. The molecule has 0 spiro atoms. The number of nitrogens with two attached hydrogens (primary N) is 1. The second-order valence-electron chi connectivity index (χ2n) is 8.86. The summed E-state index contributed by atoms with van der Waals surface area (Å²) in [5, 5.41) is 10.8. The van der Waals surface area contributed by atoms with E-state index in [9.17, 15) is 14.7 Å². The van der Waals surface area contributed by atoms with Gasteiger partial charge in [0.2, 0.25) is 0 Å². The number of hydrogen-bond acceptors (Lipinski definition) is 3. The first kappa shape index (κ1) is 21.2. The molecule has 2 atom stereocenters. The van der Waals surface area contributed by atoms with Gasteiger partial charge in [-0.1, -0.05) is 66.7 Å². The van der Waals surface area contributed by atoms with E-state index in [2.05, 4.69) is 4.90 Å². The number of primary amides is 1. The van der Waals surface area contributed by atoms with E-state index in [-0.39, 0.29) is 5.92 Å². The normalized spacial score (nSPS) is 22.3. The quantitative estimate of drug-likeness (QED) is 0.616. The summed E-state index contributed by atoms with van der Waals surface area (Å²) >= 11 is 0. The van der Waals surface area contributed by atoms with Crippen LogP contribution in [0.2, 0.25) is 0 Å². The zero-order valence-corrected chi connectivity index (χ0v) is 18.4. The predicted octanol–water partition coefficient (Wildman–Crippen LogP) is 4.66. The number of anilines is 2. The molecule has 0 aliphatic carbocycles. The number of carbonyl (C=O) groups is 2. The van der Waals surface area contributed by atoms with E-state index in [0.29, 0.717) is 37.3 Å². The second kappa shape index (κ2) is 8.37. The van der Waals surface area contributed by atoms with Crippen LogP contribution in [0.15, 0.2) is 78.9 Å². The molecule has 2 aliphatic rings. The maximum atomic E-state index is 13.1. The Morgan fingerprint density at radius 1 is 0.939 bits per heavy atom. The maximum absolute atomic E-state index is 13.1. The molecule has 3 aromatic rings. The van der Waals surface area contributed by atoms with Gasteiger partial charge in [0.05, 0.1) is 11.4 Å². The lowest BCUT2D eigenvalue weighted by Crippen LogP contribution is -2.55. The number of urea groups is 1. The topological polar surface area (TPSA) is 86.9 Å². The van der Waals surface area contributed by atoms with Gasteiger partial charge in [0.15, 0.2) is 0 Å². The Morgan fingerprint density at radius 2 is 1.61 bits per heavy atom. The van der Waals surface area contributed by atoms with Gasteiger partial charge in [-0.3, -0.25) is 14.6 Å². The Balaban J connectivity index is 1.69. The van der Waals surface area contributed by atoms with E-state index in [4.69, 9.17) is 5.73 Å². The number of likely N-dealkylation sites (tertiary alicyclic amines) is 1. The van der Waals surface area contributed by atoms with Crippen molar-refractivity contribution >= 4 is 23.4 Å². The number of fused-ring (bicyclic) bond motifs is 2. The number of carbonyl (C=O) groups excluding carboxylic acids is 1. The van der Waals surface area contributed by atoms with E-state index in [1.54, 1.807) is 0 Å². The summed E-state index contributed by atoms with van der Waals surface area (Å²) in [5.74, 6) is -1.16. The molecule has 33 heavy (non-hydrogen) atoms. The summed E-state index contributed by atoms with van der Waals surface area (Å²) in [5.41, 5.74) is 8.98. The zero-order chi connectivity index (χ0) is 23.0. The summed E-state index contributed by atoms with van der Waals surface area (Å²) < 4.78 is 0.